The highest BCUT2D eigenvalue weighted by Crippen LogP contribution is 2.52. The summed E-state index contributed by atoms with van der Waals surface area (Å²) in [5, 5.41) is 9.34. The first kappa shape index (κ1) is 12.0. The van der Waals surface area contributed by atoms with Gasteiger partial charge < -0.3 is 9.84 Å². The molecule has 0 amide bonds. The molecule has 1 saturated carbocycles. The van der Waals surface area contributed by atoms with Crippen LogP contribution in [0.1, 0.15) is 39.5 Å². The van der Waals surface area contributed by atoms with Gasteiger partial charge in [0.2, 0.25) is 0 Å². The Kier molecular flexibility index (Phi) is 3.07. The highest BCUT2D eigenvalue weighted by molar-refractivity contribution is 5.87. The topological polar surface area (TPSA) is 63.6 Å². The van der Waals surface area contributed by atoms with E-state index in [0.29, 0.717) is 12.8 Å². The second kappa shape index (κ2) is 3.83. The number of hydrogen-bond acceptors (Lipinski definition) is 3. The van der Waals surface area contributed by atoms with Gasteiger partial charge in [-0.2, -0.15) is 0 Å². The Hall–Kier alpha value is -1.06. The molecule has 4 heteroatoms. The van der Waals surface area contributed by atoms with Crippen LogP contribution >= 0.6 is 0 Å². The van der Waals surface area contributed by atoms with Crippen LogP contribution in [-0.4, -0.2) is 24.2 Å². The normalized spacial score (nSPS) is 19.9. The van der Waals surface area contributed by atoms with E-state index < -0.39 is 22.8 Å². The Morgan fingerprint density at radius 2 is 1.73 bits per heavy atom. The van der Waals surface area contributed by atoms with Gasteiger partial charge in [-0.3, -0.25) is 9.59 Å². The van der Waals surface area contributed by atoms with Crippen molar-refractivity contribution in [2.45, 2.75) is 39.5 Å². The van der Waals surface area contributed by atoms with E-state index in [1.807, 2.05) is 0 Å². The highest BCUT2D eigenvalue weighted by atomic mass is 16.5. The first-order valence-corrected chi connectivity index (χ1v) is 5.20. The van der Waals surface area contributed by atoms with Gasteiger partial charge in [0.1, 0.15) is 0 Å². The van der Waals surface area contributed by atoms with Gasteiger partial charge in [0, 0.05) is 0 Å². The molecule has 0 aromatic carbocycles. The molecule has 0 aromatic heterocycles. The maximum absolute atomic E-state index is 11.6. The van der Waals surface area contributed by atoms with Gasteiger partial charge in [0.05, 0.1) is 17.9 Å². The van der Waals surface area contributed by atoms with Crippen molar-refractivity contribution in [1.82, 2.24) is 0 Å². The first-order valence-electron chi connectivity index (χ1n) is 5.20. The Morgan fingerprint density at radius 3 is 2.07 bits per heavy atom. The van der Waals surface area contributed by atoms with E-state index in [1.165, 1.54) is 7.11 Å². The third-order valence-corrected chi connectivity index (χ3v) is 3.76. The zero-order chi connectivity index (χ0) is 11.7. The monoisotopic (exact) mass is 214 g/mol. The van der Waals surface area contributed by atoms with Crippen LogP contribution in [0.15, 0.2) is 0 Å². The minimum Gasteiger partial charge on any atom is -0.481 e. The third kappa shape index (κ3) is 1.62. The smallest absolute Gasteiger partial charge is 0.312 e. The lowest BCUT2D eigenvalue weighted by Crippen LogP contribution is -2.47. The van der Waals surface area contributed by atoms with Gasteiger partial charge >= 0.3 is 11.9 Å². The molecule has 0 unspecified atom stereocenters. The van der Waals surface area contributed by atoms with Crippen LogP contribution in [0.25, 0.3) is 0 Å². The molecule has 1 N–H and O–H groups in total. The third-order valence-electron chi connectivity index (χ3n) is 3.76. The van der Waals surface area contributed by atoms with Crippen molar-refractivity contribution in [1.29, 1.82) is 0 Å². The summed E-state index contributed by atoms with van der Waals surface area (Å²) in [6, 6.07) is 0. The molecule has 0 aromatic rings. The van der Waals surface area contributed by atoms with Crippen LogP contribution in [0.2, 0.25) is 0 Å². The Labute approximate surface area is 89.6 Å². The lowest BCUT2D eigenvalue weighted by molar-refractivity contribution is -0.172. The first-order chi connectivity index (χ1) is 6.88. The summed E-state index contributed by atoms with van der Waals surface area (Å²) in [6.07, 6.45) is 2.86. The average molecular weight is 214 g/mol. The van der Waals surface area contributed by atoms with Gasteiger partial charge in [0.25, 0.3) is 0 Å². The van der Waals surface area contributed by atoms with Gasteiger partial charge in [-0.25, -0.2) is 0 Å². The number of ether oxygens (including phenoxy) is 1. The minimum absolute atomic E-state index is 0.438. The molecule has 4 nitrogen and oxygen atoms in total. The molecular weight excluding hydrogens is 196 g/mol. The fourth-order valence-corrected chi connectivity index (χ4v) is 2.54. The van der Waals surface area contributed by atoms with Crippen LogP contribution < -0.4 is 0 Å². The molecule has 0 bridgehead atoms. The van der Waals surface area contributed by atoms with Crippen LogP contribution in [-0.2, 0) is 14.3 Å². The molecule has 86 valence electrons. The van der Waals surface area contributed by atoms with Crippen molar-refractivity contribution >= 4 is 11.9 Å². The molecule has 0 atom stereocenters. The Bertz CT molecular complexity index is 274. The number of esters is 1. The summed E-state index contributed by atoms with van der Waals surface area (Å²) in [5.74, 6) is -1.32. The number of carboxylic acid groups (broad SMARTS) is 1. The summed E-state index contributed by atoms with van der Waals surface area (Å²) in [5.41, 5.74) is -1.90. The van der Waals surface area contributed by atoms with Crippen molar-refractivity contribution in [3.8, 4) is 0 Å². The number of aliphatic carboxylic acids is 1. The number of rotatable bonds is 3. The van der Waals surface area contributed by atoms with Crippen molar-refractivity contribution in [2.75, 3.05) is 7.11 Å². The molecule has 1 aliphatic carbocycles. The lowest BCUT2D eigenvalue weighted by atomic mass is 9.64. The van der Waals surface area contributed by atoms with E-state index in [9.17, 15) is 14.7 Å². The molecule has 1 rings (SSSR count). The highest BCUT2D eigenvalue weighted by Gasteiger charge is 2.57. The van der Waals surface area contributed by atoms with Crippen LogP contribution in [0.5, 0.6) is 0 Å². The summed E-state index contributed by atoms with van der Waals surface area (Å²) >= 11 is 0. The Balaban J connectivity index is 3.09. The molecule has 1 fully saturated rings. The molecule has 0 heterocycles. The Morgan fingerprint density at radius 1 is 1.27 bits per heavy atom. The standard InChI is InChI=1S/C11H18O4/c1-10(2,9(14)15-3)11(8(12)13)6-4-5-7-11/h4-7H2,1-3H3,(H,12,13). The average Bonchev–Trinajstić information content (AvgIpc) is 2.66. The summed E-state index contributed by atoms with van der Waals surface area (Å²) < 4.78 is 4.70. The van der Waals surface area contributed by atoms with Crippen LogP contribution in [0.4, 0.5) is 0 Å². The predicted octanol–water partition coefficient (Wildman–Crippen LogP) is 1.83. The van der Waals surface area contributed by atoms with Crippen molar-refractivity contribution in [3.63, 3.8) is 0 Å². The molecule has 0 radical (unpaired) electrons. The number of carbonyl (C=O) groups is 2. The van der Waals surface area contributed by atoms with E-state index in [1.54, 1.807) is 13.8 Å². The molecule has 0 saturated heterocycles. The molecule has 15 heavy (non-hydrogen) atoms. The van der Waals surface area contributed by atoms with Crippen molar-refractivity contribution in [2.24, 2.45) is 10.8 Å². The largest absolute Gasteiger partial charge is 0.481 e. The molecule has 0 aliphatic heterocycles. The van der Waals surface area contributed by atoms with Crippen molar-refractivity contribution in [3.05, 3.63) is 0 Å². The van der Waals surface area contributed by atoms with E-state index in [4.69, 9.17) is 4.74 Å². The van der Waals surface area contributed by atoms with E-state index in [0.717, 1.165) is 12.8 Å². The molecule has 1 aliphatic rings. The zero-order valence-corrected chi connectivity index (χ0v) is 9.50. The van der Waals surface area contributed by atoms with Crippen molar-refractivity contribution < 1.29 is 19.4 Å². The minimum atomic E-state index is -0.954. The number of carbonyl (C=O) groups excluding carboxylic acids is 1. The molecular formula is C11H18O4. The quantitative estimate of drug-likeness (QED) is 0.728. The zero-order valence-electron chi connectivity index (χ0n) is 9.50. The SMILES string of the molecule is COC(=O)C(C)(C)C1(C(=O)O)CCCC1. The molecule has 0 spiro atoms. The van der Waals surface area contributed by atoms with E-state index >= 15 is 0 Å². The number of hydrogen-bond donors (Lipinski definition) is 1. The summed E-state index contributed by atoms with van der Waals surface area (Å²) in [7, 11) is 1.30. The summed E-state index contributed by atoms with van der Waals surface area (Å²) in [6.45, 7) is 3.33. The number of carboxylic acids is 1. The maximum atomic E-state index is 11.6. The number of methoxy groups -OCH3 is 1. The van der Waals surface area contributed by atoms with Crippen LogP contribution in [0.3, 0.4) is 0 Å². The fourth-order valence-electron chi connectivity index (χ4n) is 2.54. The second-order valence-corrected chi connectivity index (χ2v) is 4.71. The van der Waals surface area contributed by atoms with Gasteiger partial charge in [0.15, 0.2) is 0 Å². The second-order valence-electron chi connectivity index (χ2n) is 4.71. The van der Waals surface area contributed by atoms with E-state index in [2.05, 4.69) is 0 Å². The van der Waals surface area contributed by atoms with Crippen LogP contribution in [0, 0.1) is 10.8 Å². The summed E-state index contributed by atoms with van der Waals surface area (Å²) in [4.78, 5) is 23.0. The van der Waals surface area contributed by atoms with Gasteiger partial charge in [-0.05, 0) is 26.7 Å². The predicted molar refractivity (Wildman–Crippen MR) is 54.3 cm³/mol. The van der Waals surface area contributed by atoms with E-state index in [-0.39, 0.29) is 0 Å². The van der Waals surface area contributed by atoms with Gasteiger partial charge in [-0.15, -0.1) is 0 Å². The van der Waals surface area contributed by atoms with Gasteiger partial charge in [-0.1, -0.05) is 12.8 Å². The maximum Gasteiger partial charge on any atom is 0.312 e. The lowest BCUT2D eigenvalue weighted by Gasteiger charge is -2.38. The fraction of sp³-hybridized carbons (Fsp3) is 0.818.